The molecule has 6 heteroatoms. The Bertz CT molecular complexity index is 703. The summed E-state index contributed by atoms with van der Waals surface area (Å²) in [5, 5.41) is 0. The number of hydrogen-bond donors (Lipinski definition) is 0. The Balaban J connectivity index is 2.39. The van der Waals surface area contributed by atoms with E-state index in [-0.39, 0.29) is 12.2 Å². The number of carbonyl (C=O) groups excluding carboxylic acids is 1. The highest BCUT2D eigenvalue weighted by Crippen LogP contribution is 2.34. The van der Waals surface area contributed by atoms with Crippen molar-refractivity contribution in [2.24, 2.45) is 0 Å². The minimum absolute atomic E-state index is 0.216. The van der Waals surface area contributed by atoms with Gasteiger partial charge in [-0.2, -0.15) is 0 Å². The zero-order valence-corrected chi connectivity index (χ0v) is 12.8. The standard InChI is InChI=1S/C17H15BF2O3/c1-10-11(2)15(17(21)23-18)13(16(19)20)8-14(10)22-9-12-6-4-3-5-7-12/h3-8,16H,9H2,1-2H3. The first-order chi connectivity index (χ1) is 11.0. The molecule has 3 nitrogen and oxygen atoms in total. The molecule has 118 valence electrons. The first kappa shape index (κ1) is 17.0. The molecule has 0 N–H and O–H groups in total. The highest BCUT2D eigenvalue weighted by molar-refractivity contribution is 6.10. The molecule has 0 aliphatic heterocycles. The van der Waals surface area contributed by atoms with Gasteiger partial charge in [0.1, 0.15) is 12.4 Å². The van der Waals surface area contributed by atoms with Gasteiger partial charge >= 0.3 is 14.0 Å². The molecule has 2 aromatic carbocycles. The van der Waals surface area contributed by atoms with Crippen molar-refractivity contribution in [1.82, 2.24) is 0 Å². The molecule has 0 atom stereocenters. The Morgan fingerprint density at radius 2 is 1.83 bits per heavy atom. The maximum Gasteiger partial charge on any atom is 0.378 e. The molecule has 2 rings (SSSR count). The highest BCUT2D eigenvalue weighted by atomic mass is 19.3. The monoisotopic (exact) mass is 316 g/mol. The van der Waals surface area contributed by atoms with Crippen molar-refractivity contribution in [2.45, 2.75) is 26.9 Å². The molecule has 0 fully saturated rings. The number of carbonyl (C=O) groups is 1. The first-order valence-corrected chi connectivity index (χ1v) is 6.95. The SMILES string of the molecule is [B]OC(=O)c1c(C(F)F)cc(OCc2ccccc2)c(C)c1C. The van der Waals surface area contributed by atoms with Crippen molar-refractivity contribution in [2.75, 3.05) is 0 Å². The molecular formula is C17H15BF2O3. The van der Waals surface area contributed by atoms with Gasteiger partial charge in [-0.15, -0.1) is 0 Å². The zero-order chi connectivity index (χ0) is 17.0. The van der Waals surface area contributed by atoms with E-state index in [2.05, 4.69) is 4.65 Å². The average Bonchev–Trinajstić information content (AvgIpc) is 2.56. The Morgan fingerprint density at radius 3 is 2.39 bits per heavy atom. The average molecular weight is 316 g/mol. The van der Waals surface area contributed by atoms with Gasteiger partial charge in [-0.25, -0.2) is 13.6 Å². The second-order valence-electron chi connectivity index (χ2n) is 5.07. The van der Waals surface area contributed by atoms with Crippen LogP contribution in [0.25, 0.3) is 0 Å². The van der Waals surface area contributed by atoms with Gasteiger partial charge in [0, 0.05) is 5.56 Å². The van der Waals surface area contributed by atoms with E-state index in [4.69, 9.17) is 12.8 Å². The third-order valence-corrected chi connectivity index (χ3v) is 3.67. The molecule has 0 aromatic heterocycles. The van der Waals surface area contributed by atoms with Crippen molar-refractivity contribution in [3.05, 3.63) is 64.2 Å². The Hall–Kier alpha value is -2.37. The number of benzene rings is 2. The minimum Gasteiger partial charge on any atom is -0.540 e. The lowest BCUT2D eigenvalue weighted by molar-refractivity contribution is 0.0736. The molecule has 0 saturated carbocycles. The van der Waals surface area contributed by atoms with E-state index in [1.165, 1.54) is 6.07 Å². The van der Waals surface area contributed by atoms with Crippen LogP contribution in [0.15, 0.2) is 36.4 Å². The molecule has 23 heavy (non-hydrogen) atoms. The van der Waals surface area contributed by atoms with E-state index in [0.717, 1.165) is 5.56 Å². The topological polar surface area (TPSA) is 35.5 Å². The van der Waals surface area contributed by atoms with Gasteiger partial charge in [0.2, 0.25) is 0 Å². The smallest absolute Gasteiger partial charge is 0.378 e. The molecule has 0 saturated heterocycles. The van der Waals surface area contributed by atoms with Crippen LogP contribution in [0.1, 0.15) is 39.0 Å². The van der Waals surface area contributed by atoms with Crippen molar-refractivity contribution >= 4 is 14.0 Å². The van der Waals surface area contributed by atoms with E-state index in [0.29, 0.717) is 16.9 Å². The maximum absolute atomic E-state index is 13.3. The second kappa shape index (κ2) is 7.27. The summed E-state index contributed by atoms with van der Waals surface area (Å²) in [6.07, 6.45) is -2.84. The molecular weight excluding hydrogens is 301 g/mol. The summed E-state index contributed by atoms with van der Waals surface area (Å²) in [6.45, 7) is 3.49. The van der Waals surface area contributed by atoms with Crippen molar-refractivity contribution in [3.63, 3.8) is 0 Å². The highest BCUT2D eigenvalue weighted by Gasteiger charge is 2.24. The molecule has 2 aromatic rings. The van der Waals surface area contributed by atoms with Gasteiger partial charge in [0.05, 0.1) is 5.56 Å². The summed E-state index contributed by atoms with van der Waals surface area (Å²) in [5.74, 6) is -0.689. The van der Waals surface area contributed by atoms with Crippen LogP contribution in [-0.2, 0) is 11.3 Å². The number of rotatable bonds is 5. The molecule has 0 amide bonds. The lowest BCUT2D eigenvalue weighted by Crippen LogP contribution is -2.12. The van der Waals surface area contributed by atoms with E-state index in [9.17, 15) is 13.6 Å². The third kappa shape index (κ3) is 3.70. The lowest BCUT2D eigenvalue weighted by Gasteiger charge is -2.17. The first-order valence-electron chi connectivity index (χ1n) is 6.95. The van der Waals surface area contributed by atoms with E-state index < -0.39 is 18.0 Å². The molecule has 0 heterocycles. The largest absolute Gasteiger partial charge is 0.540 e. The molecule has 0 aliphatic carbocycles. The van der Waals surface area contributed by atoms with Crippen molar-refractivity contribution in [1.29, 1.82) is 0 Å². The van der Waals surface area contributed by atoms with E-state index >= 15 is 0 Å². The normalized spacial score (nSPS) is 10.7. The summed E-state index contributed by atoms with van der Waals surface area (Å²) in [4.78, 5) is 11.7. The summed E-state index contributed by atoms with van der Waals surface area (Å²) in [7, 11) is 4.84. The summed E-state index contributed by atoms with van der Waals surface area (Å²) < 4.78 is 36.3. The van der Waals surface area contributed by atoms with Crippen molar-refractivity contribution < 1.29 is 23.0 Å². The van der Waals surface area contributed by atoms with Crippen LogP contribution < -0.4 is 4.74 Å². The van der Waals surface area contributed by atoms with Gasteiger partial charge < -0.3 is 9.39 Å². The van der Waals surface area contributed by atoms with Crippen LogP contribution in [0.2, 0.25) is 0 Å². The molecule has 0 bridgehead atoms. The number of halogens is 2. The third-order valence-electron chi connectivity index (χ3n) is 3.67. The van der Waals surface area contributed by atoms with Gasteiger partial charge in [0.25, 0.3) is 6.43 Å². The zero-order valence-electron chi connectivity index (χ0n) is 12.8. The Labute approximate surface area is 134 Å². The molecule has 0 spiro atoms. The predicted molar refractivity (Wildman–Crippen MR) is 82.8 cm³/mol. The van der Waals surface area contributed by atoms with Gasteiger partial charge in [-0.3, -0.25) is 0 Å². The summed E-state index contributed by atoms with van der Waals surface area (Å²) in [5.41, 5.74) is 1.19. The minimum atomic E-state index is -2.84. The molecule has 0 unspecified atom stereocenters. The fourth-order valence-electron chi connectivity index (χ4n) is 2.30. The Kier molecular flexibility index (Phi) is 5.37. The number of hydrogen-bond acceptors (Lipinski definition) is 3. The summed E-state index contributed by atoms with van der Waals surface area (Å²) >= 11 is 0. The fraction of sp³-hybridized carbons (Fsp3) is 0.235. The van der Waals surface area contributed by atoms with Crippen LogP contribution >= 0.6 is 0 Å². The predicted octanol–water partition coefficient (Wildman–Crippen LogP) is 4.06. The quantitative estimate of drug-likeness (QED) is 0.780. The van der Waals surface area contributed by atoms with Crippen molar-refractivity contribution in [3.8, 4) is 5.75 Å². The van der Waals surface area contributed by atoms with Gasteiger partial charge in [-0.05, 0) is 36.6 Å². The van der Waals surface area contributed by atoms with E-state index in [1.54, 1.807) is 13.8 Å². The van der Waals surface area contributed by atoms with Crippen LogP contribution in [0.5, 0.6) is 5.75 Å². The molecule has 2 radical (unpaired) electrons. The molecule has 0 aliphatic rings. The second-order valence-corrected chi connectivity index (χ2v) is 5.07. The van der Waals surface area contributed by atoms with Crippen LogP contribution in [0, 0.1) is 13.8 Å². The number of ether oxygens (including phenoxy) is 1. The summed E-state index contributed by atoms with van der Waals surface area (Å²) in [6, 6.07) is 10.5. The van der Waals surface area contributed by atoms with Gasteiger partial charge in [-0.1, -0.05) is 30.3 Å². The van der Waals surface area contributed by atoms with Crippen LogP contribution in [0.4, 0.5) is 8.78 Å². The van der Waals surface area contributed by atoms with E-state index in [1.807, 2.05) is 30.3 Å². The maximum atomic E-state index is 13.3. The Morgan fingerprint density at radius 1 is 1.17 bits per heavy atom. The lowest BCUT2D eigenvalue weighted by atomic mass is 9.96. The van der Waals surface area contributed by atoms with Gasteiger partial charge in [0.15, 0.2) is 0 Å². The van der Waals surface area contributed by atoms with Crippen LogP contribution in [-0.4, -0.2) is 14.0 Å². The number of alkyl halides is 2. The van der Waals surface area contributed by atoms with Crippen LogP contribution in [0.3, 0.4) is 0 Å². The fourth-order valence-corrected chi connectivity index (χ4v) is 2.30.